The molecule has 0 saturated heterocycles. The van der Waals surface area contributed by atoms with Gasteiger partial charge in [-0.25, -0.2) is 13.6 Å². The van der Waals surface area contributed by atoms with Crippen molar-refractivity contribution in [2.24, 2.45) is 0 Å². The molecule has 4 rings (SSSR count). The van der Waals surface area contributed by atoms with Crippen LogP contribution in [0.3, 0.4) is 0 Å². The third-order valence-electron chi connectivity index (χ3n) is 6.87. The molecular formula is C27H31F2N3O3. The summed E-state index contributed by atoms with van der Waals surface area (Å²) in [6, 6.07) is 10.5. The van der Waals surface area contributed by atoms with E-state index in [9.17, 15) is 18.4 Å². The first-order valence-electron chi connectivity index (χ1n) is 12.0. The number of rotatable bonds is 8. The molecule has 1 heterocycles. The molecule has 0 amide bonds. The number of benzene rings is 2. The normalized spacial score (nSPS) is 14.9. The van der Waals surface area contributed by atoms with E-state index in [1.807, 2.05) is 6.92 Å². The van der Waals surface area contributed by atoms with Crippen LogP contribution in [0.25, 0.3) is 11.1 Å². The van der Waals surface area contributed by atoms with Gasteiger partial charge >= 0.3 is 5.69 Å². The summed E-state index contributed by atoms with van der Waals surface area (Å²) in [5.41, 5.74) is -0.0548. The molecule has 6 nitrogen and oxygen atoms in total. The summed E-state index contributed by atoms with van der Waals surface area (Å²) in [4.78, 5) is 27.3. The second-order valence-corrected chi connectivity index (χ2v) is 9.18. The Bertz CT molecular complexity index is 1310. The number of halogens is 2. The average molecular weight is 484 g/mol. The van der Waals surface area contributed by atoms with E-state index in [-0.39, 0.29) is 12.1 Å². The highest BCUT2D eigenvalue weighted by Crippen LogP contribution is 2.25. The molecule has 1 saturated carbocycles. The molecule has 1 aliphatic rings. The molecule has 0 unspecified atom stereocenters. The molecule has 2 aromatic carbocycles. The van der Waals surface area contributed by atoms with Crippen LogP contribution in [0.1, 0.15) is 49.9 Å². The largest absolute Gasteiger partial charge is 0.497 e. The standard InChI is InChI=1S/C27H31F2N3O3/c1-17(15-30-20-9-4-5-10-20)32-26(33)25(19-8-6-11-21(14-19)35-3)18(2)31(27(32)34)16-22-23(28)12-7-13-24(22)29/h6-8,11-14,17,20,30H,4-5,9-10,15-16H2,1-3H3/t17-/m1/s1. The van der Waals surface area contributed by atoms with E-state index >= 15 is 0 Å². The first-order valence-corrected chi connectivity index (χ1v) is 12.0. The predicted molar refractivity (Wildman–Crippen MR) is 132 cm³/mol. The molecule has 35 heavy (non-hydrogen) atoms. The summed E-state index contributed by atoms with van der Waals surface area (Å²) in [7, 11) is 1.53. The van der Waals surface area contributed by atoms with Crippen LogP contribution < -0.4 is 21.3 Å². The lowest BCUT2D eigenvalue weighted by Gasteiger charge is -2.23. The Hall–Kier alpha value is -3.26. The monoisotopic (exact) mass is 483 g/mol. The zero-order valence-electron chi connectivity index (χ0n) is 20.3. The summed E-state index contributed by atoms with van der Waals surface area (Å²) < 4.78 is 36.8. The van der Waals surface area contributed by atoms with E-state index in [0.29, 0.717) is 35.2 Å². The Morgan fingerprint density at radius 3 is 2.40 bits per heavy atom. The number of ether oxygens (including phenoxy) is 1. The van der Waals surface area contributed by atoms with Gasteiger partial charge in [-0.05, 0) is 56.5 Å². The second kappa shape index (κ2) is 10.6. The molecule has 0 aliphatic heterocycles. The Morgan fingerprint density at radius 2 is 1.74 bits per heavy atom. The molecule has 3 aromatic rings. The van der Waals surface area contributed by atoms with Crippen LogP contribution in [0.5, 0.6) is 5.75 Å². The smallest absolute Gasteiger partial charge is 0.331 e. The van der Waals surface area contributed by atoms with Crippen molar-refractivity contribution in [3.63, 3.8) is 0 Å². The fourth-order valence-electron chi connectivity index (χ4n) is 4.86. The molecule has 1 aliphatic carbocycles. The summed E-state index contributed by atoms with van der Waals surface area (Å²) in [5, 5.41) is 3.47. The van der Waals surface area contributed by atoms with Gasteiger partial charge in [0.05, 0.1) is 25.3 Å². The number of hydrogen-bond donors (Lipinski definition) is 1. The van der Waals surface area contributed by atoms with Crippen molar-refractivity contribution in [1.29, 1.82) is 0 Å². The first-order chi connectivity index (χ1) is 16.8. The molecule has 186 valence electrons. The minimum Gasteiger partial charge on any atom is -0.497 e. The Morgan fingerprint density at radius 1 is 1.09 bits per heavy atom. The minimum absolute atomic E-state index is 0.226. The number of methoxy groups -OCH3 is 1. The molecule has 1 atom stereocenters. The highest BCUT2D eigenvalue weighted by molar-refractivity contribution is 5.66. The maximum Gasteiger partial charge on any atom is 0.331 e. The van der Waals surface area contributed by atoms with Gasteiger partial charge < -0.3 is 10.1 Å². The molecular weight excluding hydrogens is 452 g/mol. The second-order valence-electron chi connectivity index (χ2n) is 9.18. The number of hydrogen-bond acceptors (Lipinski definition) is 4. The lowest BCUT2D eigenvalue weighted by molar-refractivity contribution is 0.410. The van der Waals surface area contributed by atoms with Gasteiger partial charge in [-0.15, -0.1) is 0 Å². The lowest BCUT2D eigenvalue weighted by Crippen LogP contribution is -2.46. The van der Waals surface area contributed by atoms with Crippen molar-refractivity contribution in [3.05, 3.63) is 86.2 Å². The van der Waals surface area contributed by atoms with E-state index in [1.54, 1.807) is 31.2 Å². The quantitative estimate of drug-likeness (QED) is 0.515. The van der Waals surface area contributed by atoms with Crippen molar-refractivity contribution < 1.29 is 13.5 Å². The fourth-order valence-corrected chi connectivity index (χ4v) is 4.86. The molecule has 0 bridgehead atoms. The number of nitrogens with one attached hydrogen (secondary N) is 1. The molecule has 1 N–H and O–H groups in total. The fraction of sp³-hybridized carbons (Fsp3) is 0.407. The van der Waals surface area contributed by atoms with Gasteiger partial charge in [0.25, 0.3) is 5.56 Å². The SMILES string of the molecule is COc1cccc(-c2c(C)n(Cc3c(F)cccc3F)c(=O)n([C@H](C)CNC3CCCC3)c2=O)c1. The highest BCUT2D eigenvalue weighted by Gasteiger charge is 2.24. The van der Waals surface area contributed by atoms with Crippen LogP contribution in [0, 0.1) is 18.6 Å². The molecule has 1 aromatic heterocycles. The topological polar surface area (TPSA) is 65.3 Å². The van der Waals surface area contributed by atoms with E-state index < -0.39 is 28.9 Å². The highest BCUT2D eigenvalue weighted by atomic mass is 19.1. The van der Waals surface area contributed by atoms with Crippen molar-refractivity contribution in [2.45, 2.75) is 58.2 Å². The van der Waals surface area contributed by atoms with Gasteiger partial charge in [0.1, 0.15) is 17.4 Å². The van der Waals surface area contributed by atoms with Crippen LogP contribution in [-0.2, 0) is 6.54 Å². The molecule has 0 spiro atoms. The van der Waals surface area contributed by atoms with Gasteiger partial charge in [0.2, 0.25) is 0 Å². The van der Waals surface area contributed by atoms with Crippen LogP contribution in [-0.4, -0.2) is 28.8 Å². The number of aromatic nitrogens is 2. The zero-order valence-corrected chi connectivity index (χ0v) is 20.3. The van der Waals surface area contributed by atoms with Crippen molar-refractivity contribution in [3.8, 4) is 16.9 Å². The van der Waals surface area contributed by atoms with Crippen LogP contribution in [0.4, 0.5) is 8.78 Å². The maximum absolute atomic E-state index is 14.5. The first kappa shape index (κ1) is 24.9. The summed E-state index contributed by atoms with van der Waals surface area (Å²) >= 11 is 0. The Kier molecular flexibility index (Phi) is 7.50. The average Bonchev–Trinajstić information content (AvgIpc) is 3.36. The lowest BCUT2D eigenvalue weighted by atomic mass is 10.0. The third-order valence-corrected chi connectivity index (χ3v) is 6.87. The van der Waals surface area contributed by atoms with Crippen LogP contribution >= 0.6 is 0 Å². The van der Waals surface area contributed by atoms with Gasteiger partial charge in [-0.3, -0.25) is 13.9 Å². The number of nitrogens with zero attached hydrogens (tertiary/aromatic N) is 2. The van der Waals surface area contributed by atoms with E-state index in [2.05, 4.69) is 5.32 Å². The zero-order chi connectivity index (χ0) is 25.1. The van der Waals surface area contributed by atoms with Crippen LogP contribution in [0.15, 0.2) is 52.1 Å². The van der Waals surface area contributed by atoms with Crippen LogP contribution in [0.2, 0.25) is 0 Å². The summed E-state index contributed by atoms with van der Waals surface area (Å²) in [6.07, 6.45) is 4.47. The molecule has 1 fully saturated rings. The van der Waals surface area contributed by atoms with Gasteiger partial charge in [0.15, 0.2) is 0 Å². The van der Waals surface area contributed by atoms with Gasteiger partial charge in [0, 0.05) is 23.8 Å². The summed E-state index contributed by atoms with van der Waals surface area (Å²) in [5.74, 6) is -0.928. The van der Waals surface area contributed by atoms with E-state index in [1.165, 1.54) is 22.3 Å². The predicted octanol–water partition coefficient (Wildman–Crippen LogP) is 4.41. The van der Waals surface area contributed by atoms with Crippen molar-refractivity contribution in [1.82, 2.24) is 14.5 Å². The van der Waals surface area contributed by atoms with E-state index in [4.69, 9.17) is 4.74 Å². The van der Waals surface area contributed by atoms with E-state index in [0.717, 1.165) is 37.8 Å². The Balaban J connectivity index is 1.87. The minimum atomic E-state index is -0.743. The van der Waals surface area contributed by atoms with Crippen molar-refractivity contribution in [2.75, 3.05) is 13.7 Å². The van der Waals surface area contributed by atoms with Gasteiger partial charge in [-0.1, -0.05) is 31.0 Å². The summed E-state index contributed by atoms with van der Waals surface area (Å²) in [6.45, 7) is 3.54. The van der Waals surface area contributed by atoms with Gasteiger partial charge in [-0.2, -0.15) is 0 Å². The molecule has 8 heteroatoms. The van der Waals surface area contributed by atoms with Crippen molar-refractivity contribution >= 4 is 0 Å². The molecule has 0 radical (unpaired) electrons. The third kappa shape index (κ3) is 5.07. The Labute approximate surface area is 203 Å². The maximum atomic E-state index is 14.5.